The summed E-state index contributed by atoms with van der Waals surface area (Å²) in [5.41, 5.74) is 6.28. The first-order valence-corrected chi connectivity index (χ1v) is 6.31. The van der Waals surface area contributed by atoms with Gasteiger partial charge >= 0.3 is 0 Å². The number of amides is 2. The SMILES string of the molecule is CCn1ncc(N)c1C(=O)NCC(=O)NCC(C)C. The van der Waals surface area contributed by atoms with Crippen molar-refractivity contribution in [3.8, 4) is 0 Å². The summed E-state index contributed by atoms with van der Waals surface area (Å²) in [6.45, 7) is 6.92. The number of hydrogen-bond acceptors (Lipinski definition) is 4. The van der Waals surface area contributed by atoms with E-state index in [4.69, 9.17) is 5.73 Å². The third kappa shape index (κ3) is 4.27. The number of nitrogens with two attached hydrogens (primary N) is 1. The Bertz CT molecular complexity index is 453. The van der Waals surface area contributed by atoms with Gasteiger partial charge in [0.1, 0.15) is 5.69 Å². The molecule has 0 aliphatic heterocycles. The standard InChI is InChI=1S/C12H21N5O2/c1-4-17-11(9(13)6-16-17)12(19)15-7-10(18)14-5-8(2)3/h6,8H,4-5,7,13H2,1-3H3,(H,14,18)(H,15,19). The van der Waals surface area contributed by atoms with Crippen LogP contribution < -0.4 is 16.4 Å². The van der Waals surface area contributed by atoms with E-state index in [9.17, 15) is 9.59 Å². The Morgan fingerprint density at radius 1 is 1.42 bits per heavy atom. The van der Waals surface area contributed by atoms with Crippen LogP contribution in [-0.2, 0) is 11.3 Å². The first-order chi connectivity index (χ1) is 8.95. The van der Waals surface area contributed by atoms with E-state index >= 15 is 0 Å². The number of anilines is 1. The smallest absolute Gasteiger partial charge is 0.272 e. The van der Waals surface area contributed by atoms with E-state index in [0.717, 1.165) is 0 Å². The van der Waals surface area contributed by atoms with Gasteiger partial charge in [-0.15, -0.1) is 0 Å². The Morgan fingerprint density at radius 2 is 2.11 bits per heavy atom. The van der Waals surface area contributed by atoms with Crippen LogP contribution in [0.1, 0.15) is 31.3 Å². The van der Waals surface area contributed by atoms with Gasteiger partial charge in [0, 0.05) is 13.1 Å². The van der Waals surface area contributed by atoms with Gasteiger partial charge in [-0.3, -0.25) is 14.3 Å². The minimum atomic E-state index is -0.392. The summed E-state index contributed by atoms with van der Waals surface area (Å²) in [6, 6.07) is 0. The summed E-state index contributed by atoms with van der Waals surface area (Å²) in [7, 11) is 0. The molecule has 0 aromatic carbocycles. The lowest BCUT2D eigenvalue weighted by atomic mass is 10.2. The predicted molar refractivity (Wildman–Crippen MR) is 72.5 cm³/mol. The zero-order valence-electron chi connectivity index (χ0n) is 11.6. The Morgan fingerprint density at radius 3 is 2.68 bits per heavy atom. The summed E-state index contributed by atoms with van der Waals surface area (Å²) in [5, 5.41) is 9.22. The second-order valence-corrected chi connectivity index (χ2v) is 4.64. The normalized spacial score (nSPS) is 10.5. The van der Waals surface area contributed by atoms with Crippen molar-refractivity contribution < 1.29 is 9.59 Å². The Balaban J connectivity index is 2.51. The van der Waals surface area contributed by atoms with Crippen molar-refractivity contribution >= 4 is 17.5 Å². The van der Waals surface area contributed by atoms with Crippen LogP contribution in [0, 0.1) is 5.92 Å². The molecule has 0 aliphatic carbocycles. The van der Waals surface area contributed by atoms with E-state index in [-0.39, 0.29) is 12.5 Å². The van der Waals surface area contributed by atoms with Gasteiger partial charge in [-0.05, 0) is 12.8 Å². The molecular formula is C12H21N5O2. The fourth-order valence-electron chi connectivity index (χ4n) is 1.51. The number of nitrogens with one attached hydrogen (secondary N) is 2. The molecule has 2 amide bonds. The Labute approximate surface area is 112 Å². The Hall–Kier alpha value is -2.05. The highest BCUT2D eigenvalue weighted by Gasteiger charge is 2.16. The number of rotatable bonds is 6. The number of aromatic nitrogens is 2. The lowest BCUT2D eigenvalue weighted by Crippen LogP contribution is -2.39. The molecular weight excluding hydrogens is 246 g/mol. The average Bonchev–Trinajstić information content (AvgIpc) is 2.74. The summed E-state index contributed by atoms with van der Waals surface area (Å²) < 4.78 is 1.50. The maximum atomic E-state index is 11.9. The molecule has 0 saturated heterocycles. The molecule has 7 nitrogen and oxygen atoms in total. The van der Waals surface area contributed by atoms with Crippen LogP contribution >= 0.6 is 0 Å². The second kappa shape index (κ2) is 6.77. The monoisotopic (exact) mass is 267 g/mol. The van der Waals surface area contributed by atoms with E-state index in [2.05, 4.69) is 15.7 Å². The maximum Gasteiger partial charge on any atom is 0.272 e. The van der Waals surface area contributed by atoms with Crippen LogP contribution in [0.3, 0.4) is 0 Å². The number of hydrogen-bond donors (Lipinski definition) is 3. The Kier molecular flexibility index (Phi) is 5.35. The molecule has 0 spiro atoms. The molecule has 1 aromatic heterocycles. The molecule has 0 atom stereocenters. The molecule has 0 bridgehead atoms. The third-order valence-electron chi connectivity index (χ3n) is 2.50. The zero-order chi connectivity index (χ0) is 14.4. The van der Waals surface area contributed by atoms with Gasteiger partial charge in [0.05, 0.1) is 18.4 Å². The number of carbonyl (C=O) groups is 2. The van der Waals surface area contributed by atoms with Crippen LogP contribution in [0.25, 0.3) is 0 Å². The van der Waals surface area contributed by atoms with Gasteiger partial charge in [-0.2, -0.15) is 5.10 Å². The van der Waals surface area contributed by atoms with E-state index in [1.165, 1.54) is 10.9 Å². The van der Waals surface area contributed by atoms with Gasteiger partial charge in [0.25, 0.3) is 5.91 Å². The summed E-state index contributed by atoms with van der Waals surface area (Å²) in [5.74, 6) is -0.239. The summed E-state index contributed by atoms with van der Waals surface area (Å²) in [4.78, 5) is 23.4. The van der Waals surface area contributed by atoms with Crippen LogP contribution in [-0.4, -0.2) is 34.7 Å². The van der Waals surface area contributed by atoms with Gasteiger partial charge in [-0.1, -0.05) is 13.8 Å². The molecule has 4 N–H and O–H groups in total. The molecule has 106 valence electrons. The molecule has 0 unspecified atom stereocenters. The van der Waals surface area contributed by atoms with E-state index in [0.29, 0.717) is 30.4 Å². The van der Waals surface area contributed by atoms with Crippen molar-refractivity contribution in [1.29, 1.82) is 0 Å². The number of nitrogens with zero attached hydrogens (tertiary/aromatic N) is 2. The molecule has 0 saturated carbocycles. The van der Waals surface area contributed by atoms with Crippen LogP contribution in [0.15, 0.2) is 6.20 Å². The quantitative estimate of drug-likeness (QED) is 0.674. The number of nitrogen functional groups attached to an aromatic ring is 1. The molecule has 7 heteroatoms. The highest BCUT2D eigenvalue weighted by atomic mass is 16.2. The minimum absolute atomic E-state index is 0.0696. The molecule has 0 radical (unpaired) electrons. The fourth-order valence-corrected chi connectivity index (χ4v) is 1.51. The van der Waals surface area contributed by atoms with Crippen molar-refractivity contribution in [3.63, 3.8) is 0 Å². The van der Waals surface area contributed by atoms with E-state index < -0.39 is 5.91 Å². The molecule has 1 heterocycles. The van der Waals surface area contributed by atoms with E-state index in [1.807, 2.05) is 20.8 Å². The fraction of sp³-hybridized carbons (Fsp3) is 0.583. The van der Waals surface area contributed by atoms with Crippen LogP contribution in [0.4, 0.5) is 5.69 Å². The molecule has 1 rings (SSSR count). The second-order valence-electron chi connectivity index (χ2n) is 4.64. The maximum absolute atomic E-state index is 11.9. The highest BCUT2D eigenvalue weighted by Crippen LogP contribution is 2.09. The number of carbonyl (C=O) groups excluding carboxylic acids is 2. The largest absolute Gasteiger partial charge is 0.396 e. The third-order valence-corrected chi connectivity index (χ3v) is 2.50. The first-order valence-electron chi connectivity index (χ1n) is 6.31. The van der Waals surface area contributed by atoms with Crippen molar-refractivity contribution in [3.05, 3.63) is 11.9 Å². The lowest BCUT2D eigenvalue weighted by Gasteiger charge is -2.09. The van der Waals surface area contributed by atoms with Crippen molar-refractivity contribution in [2.75, 3.05) is 18.8 Å². The van der Waals surface area contributed by atoms with E-state index in [1.54, 1.807) is 0 Å². The van der Waals surface area contributed by atoms with Crippen molar-refractivity contribution in [2.24, 2.45) is 5.92 Å². The van der Waals surface area contributed by atoms with Gasteiger partial charge in [0.2, 0.25) is 5.91 Å². The lowest BCUT2D eigenvalue weighted by molar-refractivity contribution is -0.120. The number of aryl methyl sites for hydroxylation is 1. The summed E-state index contributed by atoms with van der Waals surface area (Å²) >= 11 is 0. The van der Waals surface area contributed by atoms with Gasteiger partial charge in [-0.25, -0.2) is 0 Å². The molecule has 0 fully saturated rings. The molecule has 1 aromatic rings. The average molecular weight is 267 g/mol. The topological polar surface area (TPSA) is 102 Å². The van der Waals surface area contributed by atoms with Crippen LogP contribution in [0.2, 0.25) is 0 Å². The summed E-state index contributed by atoms with van der Waals surface area (Å²) in [6.07, 6.45) is 1.43. The first kappa shape index (κ1) is 15.0. The predicted octanol–water partition coefficient (Wildman–Crippen LogP) is -0.0128. The van der Waals surface area contributed by atoms with Crippen molar-refractivity contribution in [1.82, 2.24) is 20.4 Å². The van der Waals surface area contributed by atoms with Crippen LogP contribution in [0.5, 0.6) is 0 Å². The minimum Gasteiger partial charge on any atom is -0.396 e. The van der Waals surface area contributed by atoms with Gasteiger partial charge in [0.15, 0.2) is 0 Å². The molecule has 0 aliphatic rings. The zero-order valence-corrected chi connectivity index (χ0v) is 11.6. The molecule has 19 heavy (non-hydrogen) atoms. The van der Waals surface area contributed by atoms with Gasteiger partial charge < -0.3 is 16.4 Å². The highest BCUT2D eigenvalue weighted by molar-refractivity contribution is 5.99. The van der Waals surface area contributed by atoms with Crippen molar-refractivity contribution in [2.45, 2.75) is 27.3 Å².